The Morgan fingerprint density at radius 1 is 1.28 bits per heavy atom. The van der Waals surface area contributed by atoms with Gasteiger partial charge in [0.2, 0.25) is 0 Å². The highest BCUT2D eigenvalue weighted by Gasteiger charge is 2.41. The van der Waals surface area contributed by atoms with Gasteiger partial charge < -0.3 is 25.0 Å². The van der Waals surface area contributed by atoms with Crippen molar-refractivity contribution in [3.05, 3.63) is 0 Å². The fourth-order valence-electron chi connectivity index (χ4n) is 3.58. The van der Waals surface area contributed by atoms with E-state index in [1.165, 1.54) is 6.42 Å². The summed E-state index contributed by atoms with van der Waals surface area (Å²) in [6.45, 7) is 6.97. The van der Waals surface area contributed by atoms with Gasteiger partial charge in [0, 0.05) is 26.2 Å². The molecule has 0 aromatic heterocycles. The summed E-state index contributed by atoms with van der Waals surface area (Å²) in [4.78, 5) is 18.5. The van der Waals surface area contributed by atoms with Gasteiger partial charge in [-0.3, -0.25) is 4.99 Å². The molecule has 0 spiro atoms. The van der Waals surface area contributed by atoms with Crippen LogP contribution in [0, 0.1) is 0 Å². The number of carbonyl (C=O) groups excluding carboxylic acids is 1. The van der Waals surface area contributed by atoms with Gasteiger partial charge in [0.15, 0.2) is 5.96 Å². The second kappa shape index (κ2) is 7.40. The molecule has 2 N–H and O–H groups in total. The Kier molecular flexibility index (Phi) is 5.41. The summed E-state index contributed by atoms with van der Waals surface area (Å²) in [6.07, 6.45) is 6.00. The van der Waals surface area contributed by atoms with Crippen LogP contribution in [0.5, 0.6) is 0 Å². The second-order valence-electron chi connectivity index (χ2n) is 8.26. The highest BCUT2D eigenvalue weighted by atomic mass is 16.6. The minimum absolute atomic E-state index is 0.221. The maximum atomic E-state index is 12.4. The van der Waals surface area contributed by atoms with Crippen molar-refractivity contribution >= 4 is 12.1 Å². The predicted octanol–water partition coefficient (Wildman–Crippen LogP) is 1.87. The molecule has 3 fully saturated rings. The molecule has 7 nitrogen and oxygen atoms in total. The minimum Gasteiger partial charge on any atom is -0.444 e. The molecular formula is C18H32N4O3. The average molecular weight is 352 g/mol. The lowest BCUT2D eigenvalue weighted by Gasteiger charge is -2.28. The first kappa shape index (κ1) is 18.3. The standard InChI is InChI=1S/C18H32N4O3/c1-18(2,3)25-17(23)22(12-5-6-12)10-9-20-16(19-4)21-14-11-13-7-8-15(14)24-13/h12-15H,5-11H2,1-4H3,(H2,19,20,21). The van der Waals surface area contributed by atoms with Gasteiger partial charge in [-0.05, 0) is 52.9 Å². The van der Waals surface area contributed by atoms with Crippen LogP contribution in [0.2, 0.25) is 0 Å². The first-order valence-electron chi connectivity index (χ1n) is 9.48. The van der Waals surface area contributed by atoms with E-state index in [-0.39, 0.29) is 6.09 Å². The SMILES string of the molecule is CN=C(NCCN(C(=O)OC(C)(C)C)C1CC1)NC1CC2CCC1O2. The average Bonchev–Trinajstić information content (AvgIpc) is 3.15. The molecule has 0 radical (unpaired) electrons. The fraction of sp³-hybridized carbons (Fsp3) is 0.889. The Morgan fingerprint density at radius 2 is 2.04 bits per heavy atom. The van der Waals surface area contributed by atoms with Crippen LogP contribution in [0.4, 0.5) is 4.79 Å². The van der Waals surface area contributed by atoms with Gasteiger partial charge in [0.05, 0.1) is 18.2 Å². The molecule has 7 heteroatoms. The smallest absolute Gasteiger partial charge is 0.410 e. The molecule has 2 bridgehead atoms. The van der Waals surface area contributed by atoms with Crippen LogP contribution >= 0.6 is 0 Å². The number of amides is 1. The van der Waals surface area contributed by atoms with Crippen molar-refractivity contribution in [1.29, 1.82) is 0 Å². The molecule has 1 saturated carbocycles. The second-order valence-corrected chi connectivity index (χ2v) is 8.26. The largest absolute Gasteiger partial charge is 0.444 e. The molecule has 142 valence electrons. The van der Waals surface area contributed by atoms with Crippen LogP contribution < -0.4 is 10.6 Å². The van der Waals surface area contributed by atoms with Gasteiger partial charge in [-0.25, -0.2) is 4.79 Å². The van der Waals surface area contributed by atoms with Crippen LogP contribution in [-0.2, 0) is 9.47 Å². The Morgan fingerprint density at radius 3 is 2.56 bits per heavy atom. The number of nitrogens with one attached hydrogen (secondary N) is 2. The molecule has 2 aliphatic heterocycles. The third-order valence-corrected chi connectivity index (χ3v) is 4.91. The van der Waals surface area contributed by atoms with Gasteiger partial charge in [-0.2, -0.15) is 0 Å². The summed E-state index contributed by atoms with van der Waals surface area (Å²) in [7, 11) is 1.77. The zero-order chi connectivity index (χ0) is 18.0. The summed E-state index contributed by atoms with van der Waals surface area (Å²) < 4.78 is 11.4. The lowest BCUT2D eigenvalue weighted by Crippen LogP contribution is -2.49. The third-order valence-electron chi connectivity index (χ3n) is 4.91. The maximum Gasteiger partial charge on any atom is 0.410 e. The number of fused-ring (bicyclic) bond motifs is 2. The molecule has 1 aliphatic carbocycles. The van der Waals surface area contributed by atoms with Crippen LogP contribution in [0.1, 0.15) is 52.9 Å². The number of ether oxygens (including phenoxy) is 2. The summed E-state index contributed by atoms with van der Waals surface area (Å²) in [5.74, 6) is 0.779. The number of rotatable bonds is 5. The molecule has 0 aromatic carbocycles. The van der Waals surface area contributed by atoms with Crippen molar-refractivity contribution < 1.29 is 14.3 Å². The van der Waals surface area contributed by atoms with Gasteiger partial charge in [-0.1, -0.05) is 0 Å². The summed E-state index contributed by atoms with van der Waals surface area (Å²) in [5, 5.41) is 6.78. The fourth-order valence-corrected chi connectivity index (χ4v) is 3.58. The van der Waals surface area contributed by atoms with Gasteiger partial charge in [0.25, 0.3) is 0 Å². The van der Waals surface area contributed by atoms with E-state index in [1.54, 1.807) is 7.05 Å². The van der Waals surface area contributed by atoms with Crippen molar-refractivity contribution in [1.82, 2.24) is 15.5 Å². The van der Waals surface area contributed by atoms with E-state index in [4.69, 9.17) is 9.47 Å². The lowest BCUT2D eigenvalue weighted by atomic mass is 9.96. The maximum absolute atomic E-state index is 12.4. The quantitative estimate of drug-likeness (QED) is 0.584. The highest BCUT2D eigenvalue weighted by Crippen LogP contribution is 2.34. The Hall–Kier alpha value is -1.50. The molecule has 25 heavy (non-hydrogen) atoms. The van der Waals surface area contributed by atoms with E-state index in [0.717, 1.165) is 31.6 Å². The molecule has 2 heterocycles. The molecule has 3 rings (SSSR count). The number of aliphatic imine (C=N–C) groups is 1. The Balaban J connectivity index is 1.44. The van der Waals surface area contributed by atoms with Crippen LogP contribution in [0.25, 0.3) is 0 Å². The van der Waals surface area contributed by atoms with E-state index in [9.17, 15) is 4.79 Å². The Labute approximate surface area is 150 Å². The van der Waals surface area contributed by atoms with E-state index in [1.807, 2.05) is 25.7 Å². The van der Waals surface area contributed by atoms with Gasteiger partial charge >= 0.3 is 6.09 Å². The van der Waals surface area contributed by atoms with E-state index < -0.39 is 5.60 Å². The monoisotopic (exact) mass is 352 g/mol. The van der Waals surface area contributed by atoms with Crippen molar-refractivity contribution in [3.8, 4) is 0 Å². The molecule has 3 atom stereocenters. The highest BCUT2D eigenvalue weighted by molar-refractivity contribution is 5.80. The molecule has 3 aliphatic rings. The molecule has 0 aromatic rings. The van der Waals surface area contributed by atoms with Crippen LogP contribution in [0.15, 0.2) is 4.99 Å². The topological polar surface area (TPSA) is 75.2 Å². The zero-order valence-corrected chi connectivity index (χ0v) is 15.9. The summed E-state index contributed by atoms with van der Waals surface area (Å²) in [5.41, 5.74) is -0.461. The number of guanidine groups is 1. The first-order chi connectivity index (χ1) is 11.9. The van der Waals surface area contributed by atoms with E-state index in [0.29, 0.717) is 37.4 Å². The van der Waals surface area contributed by atoms with Gasteiger partial charge in [0.1, 0.15) is 5.60 Å². The van der Waals surface area contributed by atoms with E-state index >= 15 is 0 Å². The molecular weight excluding hydrogens is 320 g/mol. The molecule has 1 amide bonds. The van der Waals surface area contributed by atoms with Crippen molar-refractivity contribution in [3.63, 3.8) is 0 Å². The minimum atomic E-state index is -0.461. The summed E-state index contributed by atoms with van der Waals surface area (Å²) in [6, 6.07) is 0.668. The number of carbonyl (C=O) groups is 1. The Bertz CT molecular complexity index is 513. The van der Waals surface area contributed by atoms with Crippen molar-refractivity contribution in [2.75, 3.05) is 20.1 Å². The van der Waals surface area contributed by atoms with Crippen molar-refractivity contribution in [2.45, 2.75) is 82.8 Å². The van der Waals surface area contributed by atoms with Crippen LogP contribution in [-0.4, -0.2) is 67.0 Å². The van der Waals surface area contributed by atoms with E-state index in [2.05, 4.69) is 15.6 Å². The first-order valence-corrected chi connectivity index (χ1v) is 9.48. The third kappa shape index (κ3) is 5.00. The number of nitrogens with zero attached hydrogens (tertiary/aromatic N) is 2. The normalized spacial score (nSPS) is 28.8. The number of hydrogen-bond donors (Lipinski definition) is 2. The predicted molar refractivity (Wildman–Crippen MR) is 96.8 cm³/mol. The summed E-state index contributed by atoms with van der Waals surface area (Å²) >= 11 is 0. The van der Waals surface area contributed by atoms with Gasteiger partial charge in [-0.15, -0.1) is 0 Å². The molecule has 2 saturated heterocycles. The van der Waals surface area contributed by atoms with Crippen LogP contribution in [0.3, 0.4) is 0 Å². The molecule has 3 unspecified atom stereocenters. The zero-order valence-electron chi connectivity index (χ0n) is 15.9. The van der Waals surface area contributed by atoms with Crippen molar-refractivity contribution in [2.24, 2.45) is 4.99 Å². The number of hydrogen-bond acceptors (Lipinski definition) is 4. The lowest BCUT2D eigenvalue weighted by molar-refractivity contribution is 0.0238.